The first-order valence-corrected chi connectivity index (χ1v) is 12.4. The lowest BCUT2D eigenvalue weighted by Gasteiger charge is -2.35. The van der Waals surface area contributed by atoms with Crippen molar-refractivity contribution in [2.45, 2.75) is 63.0 Å². The topological polar surface area (TPSA) is 129 Å². The lowest BCUT2D eigenvalue weighted by atomic mass is 9.76. The molecule has 0 unspecified atom stereocenters. The normalized spacial score (nSPS) is 21.2. The Balaban J connectivity index is 1.59. The Labute approximate surface area is 216 Å². The summed E-state index contributed by atoms with van der Waals surface area (Å²) in [5.41, 5.74) is -0.212. The standard InChI is InChI=1S/C25H34BF2N5O4/c1-24(2,33-12-10-25(27,28)17-33)14-19(15-29)22(34)32-11-6-9-20(16-32)30-23(35)31-21(26(36)37)13-18-7-4-3-5-8-18/h3-5,7-8,14,20-21,36-37H,6,9-13,16-17H2,1-2H3,(H2,30,31,35)/b19-14+/t20-,21-/m0/s1. The lowest BCUT2D eigenvalue weighted by molar-refractivity contribution is -0.128. The molecule has 12 heteroatoms. The van der Waals surface area contributed by atoms with Gasteiger partial charge in [0.2, 0.25) is 0 Å². The molecule has 3 rings (SSSR count). The largest absolute Gasteiger partial charge is 0.475 e. The number of likely N-dealkylation sites (tertiary alicyclic amines) is 2. The monoisotopic (exact) mass is 517 g/mol. The molecule has 2 aliphatic rings. The number of alkyl halides is 2. The van der Waals surface area contributed by atoms with Crippen LogP contribution < -0.4 is 10.6 Å². The van der Waals surface area contributed by atoms with Crippen molar-refractivity contribution in [1.29, 1.82) is 5.26 Å². The number of benzene rings is 1. The number of nitrogens with one attached hydrogen (secondary N) is 2. The van der Waals surface area contributed by atoms with Crippen molar-refractivity contribution in [3.05, 3.63) is 47.5 Å². The van der Waals surface area contributed by atoms with Gasteiger partial charge in [0.1, 0.15) is 11.6 Å². The second-order valence-corrected chi connectivity index (χ2v) is 10.3. The van der Waals surface area contributed by atoms with Crippen LogP contribution in [-0.4, -0.2) is 88.5 Å². The highest BCUT2D eigenvalue weighted by Crippen LogP contribution is 2.33. The van der Waals surface area contributed by atoms with E-state index in [0.717, 1.165) is 5.56 Å². The van der Waals surface area contributed by atoms with Gasteiger partial charge in [0, 0.05) is 37.6 Å². The Kier molecular flexibility index (Phi) is 9.28. The summed E-state index contributed by atoms with van der Waals surface area (Å²) in [5, 5.41) is 34.4. The molecule has 37 heavy (non-hydrogen) atoms. The molecule has 9 nitrogen and oxygen atoms in total. The van der Waals surface area contributed by atoms with E-state index in [2.05, 4.69) is 10.6 Å². The van der Waals surface area contributed by atoms with Crippen LogP contribution in [0.25, 0.3) is 0 Å². The van der Waals surface area contributed by atoms with Crippen molar-refractivity contribution >= 4 is 19.1 Å². The van der Waals surface area contributed by atoms with Gasteiger partial charge in [-0.1, -0.05) is 30.3 Å². The Hall–Kier alpha value is -3.01. The molecule has 1 aromatic carbocycles. The Morgan fingerprint density at radius 2 is 2.00 bits per heavy atom. The number of nitriles is 1. The molecule has 1 aromatic rings. The molecule has 2 saturated heterocycles. The van der Waals surface area contributed by atoms with Gasteiger partial charge in [0.15, 0.2) is 0 Å². The Bertz CT molecular complexity index is 1030. The first-order valence-electron chi connectivity index (χ1n) is 12.4. The van der Waals surface area contributed by atoms with E-state index in [1.165, 1.54) is 11.0 Å². The number of amides is 3. The molecule has 0 aliphatic carbocycles. The van der Waals surface area contributed by atoms with Crippen LogP contribution in [0.4, 0.5) is 13.6 Å². The smallest absolute Gasteiger partial charge is 0.426 e. The molecule has 0 radical (unpaired) electrons. The number of hydrogen-bond donors (Lipinski definition) is 4. The van der Waals surface area contributed by atoms with Gasteiger partial charge in [-0.2, -0.15) is 5.26 Å². The highest BCUT2D eigenvalue weighted by Gasteiger charge is 2.43. The number of carbonyl (C=O) groups excluding carboxylic acids is 2. The third kappa shape index (κ3) is 7.99. The SMILES string of the molecule is CC(C)(/C=C(\C#N)C(=O)N1CCC[C@H](NC(=O)N[C@@H](Cc2ccccc2)B(O)O)C1)N1CCC(F)(F)C1. The zero-order chi connectivity index (χ0) is 27.2. The molecule has 2 aliphatic heterocycles. The van der Waals surface area contributed by atoms with Crippen molar-refractivity contribution in [1.82, 2.24) is 20.4 Å². The predicted octanol–water partition coefficient (Wildman–Crippen LogP) is 1.47. The molecule has 2 heterocycles. The van der Waals surface area contributed by atoms with Crippen LogP contribution in [0.1, 0.15) is 38.7 Å². The number of hydrogen-bond acceptors (Lipinski definition) is 6. The number of rotatable bonds is 8. The van der Waals surface area contributed by atoms with Gasteiger partial charge in [-0.05, 0) is 44.7 Å². The fourth-order valence-electron chi connectivity index (χ4n) is 4.76. The molecule has 4 N–H and O–H groups in total. The molecule has 0 aromatic heterocycles. The summed E-state index contributed by atoms with van der Waals surface area (Å²) < 4.78 is 27.4. The van der Waals surface area contributed by atoms with Crippen LogP contribution >= 0.6 is 0 Å². The zero-order valence-corrected chi connectivity index (χ0v) is 21.2. The van der Waals surface area contributed by atoms with Crippen molar-refractivity contribution < 1.29 is 28.4 Å². The number of carbonyl (C=O) groups is 2. The van der Waals surface area contributed by atoms with Gasteiger partial charge in [0.25, 0.3) is 11.8 Å². The quantitative estimate of drug-likeness (QED) is 0.235. The molecule has 0 spiro atoms. The lowest BCUT2D eigenvalue weighted by Crippen LogP contribution is -2.56. The van der Waals surface area contributed by atoms with Gasteiger partial charge in [-0.25, -0.2) is 13.6 Å². The zero-order valence-electron chi connectivity index (χ0n) is 21.2. The molecule has 3 amide bonds. The van der Waals surface area contributed by atoms with Crippen LogP contribution in [0.15, 0.2) is 42.0 Å². The minimum absolute atomic E-state index is 0.128. The van der Waals surface area contributed by atoms with Crippen LogP contribution in [0.2, 0.25) is 0 Å². The van der Waals surface area contributed by atoms with E-state index in [-0.39, 0.29) is 31.5 Å². The van der Waals surface area contributed by atoms with Crippen molar-refractivity contribution in [3.8, 4) is 6.07 Å². The minimum atomic E-state index is -2.79. The predicted molar refractivity (Wildman–Crippen MR) is 134 cm³/mol. The minimum Gasteiger partial charge on any atom is -0.426 e. The highest BCUT2D eigenvalue weighted by atomic mass is 19.3. The van der Waals surface area contributed by atoms with Crippen LogP contribution in [0, 0.1) is 11.3 Å². The summed E-state index contributed by atoms with van der Waals surface area (Å²) >= 11 is 0. The fraction of sp³-hybridized carbons (Fsp3) is 0.560. The van der Waals surface area contributed by atoms with Gasteiger partial charge in [-0.3, -0.25) is 9.69 Å². The second kappa shape index (κ2) is 12.0. The van der Waals surface area contributed by atoms with E-state index in [0.29, 0.717) is 19.4 Å². The van der Waals surface area contributed by atoms with Crippen molar-refractivity contribution in [2.24, 2.45) is 0 Å². The average molecular weight is 517 g/mol. The van der Waals surface area contributed by atoms with E-state index in [1.54, 1.807) is 18.7 Å². The summed E-state index contributed by atoms with van der Waals surface area (Å²) in [6.45, 7) is 3.70. The average Bonchev–Trinajstić information content (AvgIpc) is 3.23. The van der Waals surface area contributed by atoms with Gasteiger partial charge in [-0.15, -0.1) is 0 Å². The molecule has 2 fully saturated rings. The Morgan fingerprint density at radius 1 is 1.30 bits per heavy atom. The number of urea groups is 1. The van der Waals surface area contributed by atoms with Crippen LogP contribution in [-0.2, 0) is 11.2 Å². The fourth-order valence-corrected chi connectivity index (χ4v) is 4.76. The maximum Gasteiger partial charge on any atom is 0.475 e. The van der Waals surface area contributed by atoms with E-state index in [1.807, 2.05) is 36.4 Å². The molecular weight excluding hydrogens is 483 g/mol. The molecule has 200 valence electrons. The number of halogens is 2. The van der Waals surface area contributed by atoms with Gasteiger partial charge < -0.3 is 25.6 Å². The van der Waals surface area contributed by atoms with Crippen molar-refractivity contribution in [2.75, 3.05) is 26.2 Å². The van der Waals surface area contributed by atoms with Crippen LogP contribution in [0.3, 0.4) is 0 Å². The summed E-state index contributed by atoms with van der Waals surface area (Å²) in [6.07, 6.45) is 2.59. The van der Waals surface area contributed by atoms with E-state index >= 15 is 0 Å². The molecule has 0 bridgehead atoms. The molecule has 0 saturated carbocycles. The van der Waals surface area contributed by atoms with Gasteiger partial charge >= 0.3 is 13.1 Å². The van der Waals surface area contributed by atoms with Gasteiger partial charge in [0.05, 0.1) is 12.5 Å². The number of nitrogens with zero attached hydrogens (tertiary/aromatic N) is 3. The summed E-state index contributed by atoms with van der Waals surface area (Å²) in [4.78, 5) is 28.7. The number of piperidine rings is 1. The third-order valence-electron chi connectivity index (χ3n) is 6.85. The summed E-state index contributed by atoms with van der Waals surface area (Å²) in [5.74, 6) is -4.24. The molecule has 2 atom stereocenters. The summed E-state index contributed by atoms with van der Waals surface area (Å²) in [7, 11) is -1.77. The van der Waals surface area contributed by atoms with E-state index in [4.69, 9.17) is 0 Å². The van der Waals surface area contributed by atoms with E-state index in [9.17, 15) is 33.7 Å². The maximum absolute atomic E-state index is 13.7. The second-order valence-electron chi connectivity index (χ2n) is 10.3. The third-order valence-corrected chi connectivity index (χ3v) is 6.85. The molecular formula is C25H34BF2N5O4. The summed E-state index contributed by atoms with van der Waals surface area (Å²) in [6, 6.07) is 10.0. The maximum atomic E-state index is 13.7. The first kappa shape index (κ1) is 28.6. The highest BCUT2D eigenvalue weighted by molar-refractivity contribution is 6.43. The van der Waals surface area contributed by atoms with Crippen LogP contribution in [0.5, 0.6) is 0 Å². The van der Waals surface area contributed by atoms with Crippen molar-refractivity contribution in [3.63, 3.8) is 0 Å². The van der Waals surface area contributed by atoms with E-state index < -0.39 is 49.0 Å². The Morgan fingerprint density at radius 3 is 2.59 bits per heavy atom. The first-order chi connectivity index (χ1) is 17.4.